The summed E-state index contributed by atoms with van der Waals surface area (Å²) in [6.45, 7) is 7.74. The van der Waals surface area contributed by atoms with Crippen LogP contribution in [0.15, 0.2) is 54.6 Å². The number of para-hydroxylation sites is 1. The molecule has 0 bridgehead atoms. The standard InChI is InChI=1S/C24H33N3O4S/c1-18(2)15-25-24(29)20(4)26(16-21-12-7-6-8-13-21)23(28)17-27(32(5,30)31)22-14-10-9-11-19(22)3/h6-14,18,20H,15-17H2,1-5H3,(H,25,29)/t20-/m1/s1. The average molecular weight is 460 g/mol. The van der Waals surface area contributed by atoms with Crippen molar-refractivity contribution in [2.75, 3.05) is 23.7 Å². The van der Waals surface area contributed by atoms with Gasteiger partial charge in [-0.1, -0.05) is 62.4 Å². The number of amides is 2. The van der Waals surface area contributed by atoms with Gasteiger partial charge in [0.2, 0.25) is 21.8 Å². The molecule has 0 saturated carbocycles. The summed E-state index contributed by atoms with van der Waals surface area (Å²) in [5.74, 6) is -0.453. The normalized spacial score (nSPS) is 12.3. The molecule has 0 radical (unpaired) electrons. The molecule has 8 heteroatoms. The van der Waals surface area contributed by atoms with Gasteiger partial charge in [0.05, 0.1) is 11.9 Å². The van der Waals surface area contributed by atoms with Gasteiger partial charge in [-0.15, -0.1) is 0 Å². The molecule has 1 N–H and O–H groups in total. The van der Waals surface area contributed by atoms with Crippen LogP contribution in [0.5, 0.6) is 0 Å². The predicted octanol–water partition coefficient (Wildman–Crippen LogP) is 2.95. The van der Waals surface area contributed by atoms with Crippen LogP contribution in [-0.4, -0.2) is 50.5 Å². The number of aryl methyl sites for hydroxylation is 1. The first kappa shape index (κ1) is 25.4. The number of carbonyl (C=O) groups excluding carboxylic acids is 2. The second kappa shape index (κ2) is 11.1. The molecule has 0 aromatic heterocycles. The smallest absolute Gasteiger partial charge is 0.244 e. The van der Waals surface area contributed by atoms with Crippen molar-refractivity contribution in [2.24, 2.45) is 5.92 Å². The van der Waals surface area contributed by atoms with Crippen molar-refractivity contribution in [1.82, 2.24) is 10.2 Å². The zero-order valence-corrected chi connectivity index (χ0v) is 20.2. The molecular weight excluding hydrogens is 426 g/mol. The van der Waals surface area contributed by atoms with Crippen LogP contribution in [-0.2, 0) is 26.2 Å². The van der Waals surface area contributed by atoms with Crippen LogP contribution in [0.25, 0.3) is 0 Å². The lowest BCUT2D eigenvalue weighted by molar-refractivity contribution is -0.139. The van der Waals surface area contributed by atoms with E-state index in [-0.39, 0.29) is 18.4 Å². The molecule has 0 aliphatic carbocycles. The summed E-state index contributed by atoms with van der Waals surface area (Å²) in [6, 6.07) is 15.6. The minimum atomic E-state index is -3.72. The number of nitrogens with zero attached hydrogens (tertiary/aromatic N) is 2. The van der Waals surface area contributed by atoms with Crippen LogP contribution in [0.2, 0.25) is 0 Å². The summed E-state index contributed by atoms with van der Waals surface area (Å²) < 4.78 is 26.2. The third-order valence-electron chi connectivity index (χ3n) is 5.11. The van der Waals surface area contributed by atoms with Gasteiger partial charge in [-0.05, 0) is 37.0 Å². The second-order valence-corrected chi connectivity index (χ2v) is 10.3. The fourth-order valence-corrected chi connectivity index (χ4v) is 4.16. The molecule has 2 aromatic carbocycles. The summed E-state index contributed by atoms with van der Waals surface area (Å²) in [6.07, 6.45) is 1.08. The lowest BCUT2D eigenvalue weighted by atomic mass is 10.1. The van der Waals surface area contributed by atoms with Crippen LogP contribution < -0.4 is 9.62 Å². The molecule has 0 spiro atoms. The van der Waals surface area contributed by atoms with E-state index in [9.17, 15) is 18.0 Å². The molecule has 0 fully saturated rings. The van der Waals surface area contributed by atoms with Gasteiger partial charge in [0, 0.05) is 13.1 Å². The molecule has 1 atom stereocenters. The highest BCUT2D eigenvalue weighted by Crippen LogP contribution is 2.22. The minimum Gasteiger partial charge on any atom is -0.354 e. The van der Waals surface area contributed by atoms with E-state index in [0.717, 1.165) is 21.7 Å². The molecule has 7 nitrogen and oxygen atoms in total. The van der Waals surface area contributed by atoms with E-state index in [2.05, 4.69) is 5.32 Å². The van der Waals surface area contributed by atoms with Gasteiger partial charge in [-0.25, -0.2) is 8.42 Å². The quantitative estimate of drug-likeness (QED) is 0.592. The van der Waals surface area contributed by atoms with Crippen molar-refractivity contribution in [3.05, 3.63) is 65.7 Å². The van der Waals surface area contributed by atoms with Crippen molar-refractivity contribution in [3.8, 4) is 0 Å². The zero-order chi connectivity index (χ0) is 23.9. The third-order valence-corrected chi connectivity index (χ3v) is 6.24. The molecule has 32 heavy (non-hydrogen) atoms. The number of hydrogen-bond acceptors (Lipinski definition) is 4. The fraction of sp³-hybridized carbons (Fsp3) is 0.417. The Morgan fingerprint density at radius 2 is 1.56 bits per heavy atom. The topological polar surface area (TPSA) is 86.8 Å². The van der Waals surface area contributed by atoms with Gasteiger partial charge in [0.15, 0.2) is 0 Å². The van der Waals surface area contributed by atoms with E-state index in [0.29, 0.717) is 12.2 Å². The molecule has 2 rings (SSSR count). The van der Waals surface area contributed by atoms with Crippen LogP contribution in [0.1, 0.15) is 31.9 Å². The Morgan fingerprint density at radius 1 is 0.969 bits per heavy atom. The van der Waals surface area contributed by atoms with E-state index in [1.807, 2.05) is 50.2 Å². The van der Waals surface area contributed by atoms with Gasteiger partial charge in [-0.2, -0.15) is 0 Å². The van der Waals surface area contributed by atoms with Crippen molar-refractivity contribution in [3.63, 3.8) is 0 Å². The maximum Gasteiger partial charge on any atom is 0.244 e. The van der Waals surface area contributed by atoms with Gasteiger partial charge < -0.3 is 10.2 Å². The number of benzene rings is 2. The Bertz CT molecular complexity index is 1020. The first-order valence-electron chi connectivity index (χ1n) is 10.6. The summed E-state index contributed by atoms with van der Waals surface area (Å²) in [5.41, 5.74) is 2.04. The molecule has 174 valence electrons. The highest BCUT2D eigenvalue weighted by molar-refractivity contribution is 7.92. The molecule has 2 amide bonds. The Morgan fingerprint density at radius 3 is 2.12 bits per heavy atom. The number of rotatable bonds is 10. The Kier molecular flexibility index (Phi) is 8.83. The number of nitrogens with one attached hydrogen (secondary N) is 1. The molecule has 0 unspecified atom stereocenters. The molecule has 0 heterocycles. The van der Waals surface area contributed by atoms with E-state index in [1.165, 1.54) is 4.90 Å². The molecule has 0 aliphatic heterocycles. The summed E-state index contributed by atoms with van der Waals surface area (Å²) in [7, 11) is -3.72. The highest BCUT2D eigenvalue weighted by atomic mass is 32.2. The SMILES string of the molecule is Cc1ccccc1N(CC(=O)N(Cc1ccccc1)[C@H](C)C(=O)NCC(C)C)S(C)(=O)=O. The van der Waals surface area contributed by atoms with E-state index in [4.69, 9.17) is 0 Å². The lowest BCUT2D eigenvalue weighted by Gasteiger charge is -2.32. The molecule has 2 aromatic rings. The van der Waals surface area contributed by atoms with Gasteiger partial charge >= 0.3 is 0 Å². The maximum absolute atomic E-state index is 13.4. The number of carbonyl (C=O) groups is 2. The predicted molar refractivity (Wildman–Crippen MR) is 128 cm³/mol. The lowest BCUT2D eigenvalue weighted by Crippen LogP contribution is -2.51. The largest absolute Gasteiger partial charge is 0.354 e. The van der Waals surface area contributed by atoms with E-state index >= 15 is 0 Å². The van der Waals surface area contributed by atoms with Crippen molar-refractivity contribution in [1.29, 1.82) is 0 Å². The zero-order valence-electron chi connectivity index (χ0n) is 19.4. The summed E-state index contributed by atoms with van der Waals surface area (Å²) >= 11 is 0. The Labute approximate surface area is 191 Å². The van der Waals surface area contributed by atoms with Crippen molar-refractivity contribution < 1.29 is 18.0 Å². The second-order valence-electron chi connectivity index (χ2n) is 8.38. The van der Waals surface area contributed by atoms with Crippen LogP contribution in [0, 0.1) is 12.8 Å². The van der Waals surface area contributed by atoms with Crippen molar-refractivity contribution >= 4 is 27.5 Å². The van der Waals surface area contributed by atoms with Crippen LogP contribution >= 0.6 is 0 Å². The Hall–Kier alpha value is -2.87. The van der Waals surface area contributed by atoms with Gasteiger partial charge in [0.1, 0.15) is 12.6 Å². The van der Waals surface area contributed by atoms with E-state index in [1.54, 1.807) is 32.0 Å². The number of hydrogen-bond donors (Lipinski definition) is 1. The molecule has 0 aliphatic rings. The Balaban J connectivity index is 2.35. The van der Waals surface area contributed by atoms with Crippen LogP contribution in [0.3, 0.4) is 0 Å². The molecule has 0 saturated heterocycles. The summed E-state index contributed by atoms with van der Waals surface area (Å²) in [5, 5.41) is 2.86. The monoisotopic (exact) mass is 459 g/mol. The number of anilines is 1. The average Bonchev–Trinajstić information content (AvgIpc) is 2.74. The maximum atomic E-state index is 13.4. The van der Waals surface area contributed by atoms with Crippen molar-refractivity contribution in [2.45, 2.75) is 40.3 Å². The van der Waals surface area contributed by atoms with Gasteiger partial charge in [0.25, 0.3) is 0 Å². The summed E-state index contributed by atoms with van der Waals surface area (Å²) in [4.78, 5) is 27.6. The first-order valence-corrected chi connectivity index (χ1v) is 12.5. The van der Waals surface area contributed by atoms with Crippen LogP contribution in [0.4, 0.5) is 5.69 Å². The minimum absolute atomic E-state index is 0.196. The highest BCUT2D eigenvalue weighted by Gasteiger charge is 2.30. The van der Waals surface area contributed by atoms with E-state index < -0.39 is 28.5 Å². The first-order chi connectivity index (χ1) is 15.0. The fourth-order valence-electron chi connectivity index (χ4n) is 3.25. The molecular formula is C24H33N3O4S. The van der Waals surface area contributed by atoms with Gasteiger partial charge in [-0.3, -0.25) is 13.9 Å². The number of sulfonamides is 1. The third kappa shape index (κ3) is 7.09.